The lowest BCUT2D eigenvalue weighted by Gasteiger charge is -2.00. The van der Waals surface area contributed by atoms with Gasteiger partial charge in [-0.3, -0.25) is 0 Å². The van der Waals surface area contributed by atoms with E-state index < -0.39 is 5.97 Å². The monoisotopic (exact) mass is 189 g/mol. The largest absolute Gasteiger partial charge is 0.478 e. The van der Waals surface area contributed by atoms with Gasteiger partial charge in [0.25, 0.3) is 0 Å². The zero-order valence-corrected chi connectivity index (χ0v) is 8.11. The minimum atomic E-state index is -0.885. The maximum Gasteiger partial charge on any atom is 0.337 e. The van der Waals surface area contributed by atoms with Crippen LogP contribution < -0.4 is 0 Å². The molecule has 1 N–H and O–H groups in total. The normalized spacial score (nSPS) is 10.7. The number of carbonyl (C=O) groups is 1. The van der Waals surface area contributed by atoms with Crippen molar-refractivity contribution in [3.8, 4) is 0 Å². The van der Waals surface area contributed by atoms with Crippen LogP contribution in [0.2, 0.25) is 0 Å². The number of hydrogen-bond acceptors (Lipinski definition) is 1. The van der Waals surface area contributed by atoms with Crippen molar-refractivity contribution in [2.45, 2.75) is 13.8 Å². The van der Waals surface area contributed by atoms with Gasteiger partial charge in [-0.2, -0.15) is 0 Å². The molecule has 14 heavy (non-hydrogen) atoms. The summed E-state index contributed by atoms with van der Waals surface area (Å²) >= 11 is 0. The van der Waals surface area contributed by atoms with Gasteiger partial charge in [0.1, 0.15) is 0 Å². The predicted molar refractivity (Wildman–Crippen MR) is 53.8 cm³/mol. The zero-order valence-electron chi connectivity index (χ0n) is 8.11. The molecular formula is C11H11NO2. The molecule has 0 saturated heterocycles. The number of aryl methyl sites for hydroxylation is 2. The summed E-state index contributed by atoms with van der Waals surface area (Å²) in [6.07, 6.45) is 3.57. The van der Waals surface area contributed by atoms with E-state index in [1.54, 1.807) is 12.3 Å². The summed E-state index contributed by atoms with van der Waals surface area (Å²) in [6, 6.07) is 3.66. The maximum atomic E-state index is 10.7. The molecule has 3 nitrogen and oxygen atoms in total. The van der Waals surface area contributed by atoms with Gasteiger partial charge in [0, 0.05) is 17.9 Å². The first-order valence-electron chi connectivity index (χ1n) is 4.40. The Morgan fingerprint density at radius 3 is 2.57 bits per heavy atom. The van der Waals surface area contributed by atoms with Crippen LogP contribution >= 0.6 is 0 Å². The highest BCUT2D eigenvalue weighted by Crippen LogP contribution is 2.14. The molecule has 0 bridgehead atoms. The molecule has 2 heterocycles. The van der Waals surface area contributed by atoms with Crippen LogP contribution in [-0.4, -0.2) is 15.5 Å². The minimum Gasteiger partial charge on any atom is -0.478 e. The lowest BCUT2D eigenvalue weighted by molar-refractivity contribution is 0.0697. The molecule has 0 aliphatic heterocycles. The lowest BCUT2D eigenvalue weighted by atomic mass is 10.2. The van der Waals surface area contributed by atoms with E-state index in [4.69, 9.17) is 5.11 Å². The topological polar surface area (TPSA) is 41.7 Å². The molecule has 0 spiro atoms. The minimum absolute atomic E-state index is 0.329. The Balaban J connectivity index is 2.72. The van der Waals surface area contributed by atoms with Crippen molar-refractivity contribution >= 4 is 11.5 Å². The summed E-state index contributed by atoms with van der Waals surface area (Å²) in [5.41, 5.74) is 3.58. The number of rotatable bonds is 1. The Hall–Kier alpha value is -1.77. The van der Waals surface area contributed by atoms with Crippen molar-refractivity contribution in [1.29, 1.82) is 0 Å². The van der Waals surface area contributed by atoms with E-state index in [0.717, 1.165) is 11.1 Å². The molecule has 0 saturated carbocycles. The standard InChI is InChI=1S/C11H11NO2/c1-7-3-10-4-9(11(13)14)6-12(10)5-8(7)2/h3-6H,1-2H3,(H,13,14). The Bertz CT molecular complexity index is 472. The van der Waals surface area contributed by atoms with Gasteiger partial charge in [-0.15, -0.1) is 0 Å². The van der Waals surface area contributed by atoms with Crippen LogP contribution in [0.25, 0.3) is 5.52 Å². The molecule has 2 aromatic rings. The Morgan fingerprint density at radius 2 is 1.93 bits per heavy atom. The molecule has 0 fully saturated rings. The summed E-state index contributed by atoms with van der Waals surface area (Å²) in [5, 5.41) is 8.81. The number of fused-ring (bicyclic) bond motifs is 1. The highest BCUT2D eigenvalue weighted by Gasteiger charge is 2.06. The molecule has 0 amide bonds. The molecule has 3 heteroatoms. The van der Waals surface area contributed by atoms with Crippen LogP contribution in [0.1, 0.15) is 21.5 Å². The Labute approximate surface area is 81.6 Å². The van der Waals surface area contributed by atoms with Crippen molar-refractivity contribution in [2.24, 2.45) is 0 Å². The van der Waals surface area contributed by atoms with E-state index in [9.17, 15) is 4.79 Å². The van der Waals surface area contributed by atoms with E-state index in [1.165, 1.54) is 5.56 Å². The zero-order chi connectivity index (χ0) is 10.3. The molecule has 0 unspecified atom stereocenters. The predicted octanol–water partition coefficient (Wildman–Crippen LogP) is 2.25. The molecule has 0 aliphatic carbocycles. The maximum absolute atomic E-state index is 10.7. The molecule has 0 aromatic carbocycles. The van der Waals surface area contributed by atoms with Crippen molar-refractivity contribution in [3.63, 3.8) is 0 Å². The first kappa shape index (κ1) is 8.81. The Kier molecular flexibility index (Phi) is 1.81. The smallest absolute Gasteiger partial charge is 0.337 e. The van der Waals surface area contributed by atoms with Crippen LogP contribution in [0.4, 0.5) is 0 Å². The summed E-state index contributed by atoms with van der Waals surface area (Å²) in [6.45, 7) is 4.03. The van der Waals surface area contributed by atoms with Crippen molar-refractivity contribution in [2.75, 3.05) is 0 Å². The quantitative estimate of drug-likeness (QED) is 0.747. The highest BCUT2D eigenvalue weighted by molar-refractivity contribution is 5.89. The molecule has 0 atom stereocenters. The number of pyridine rings is 1. The fourth-order valence-corrected chi connectivity index (χ4v) is 1.49. The molecule has 2 aromatic heterocycles. The third-order valence-corrected chi connectivity index (χ3v) is 2.45. The number of hydrogen-bond donors (Lipinski definition) is 1. The van der Waals surface area contributed by atoms with Gasteiger partial charge in [-0.25, -0.2) is 4.79 Å². The van der Waals surface area contributed by atoms with E-state index in [-0.39, 0.29) is 0 Å². The number of aromatic nitrogens is 1. The van der Waals surface area contributed by atoms with Crippen LogP contribution in [0.3, 0.4) is 0 Å². The number of carboxylic acids is 1. The first-order valence-corrected chi connectivity index (χ1v) is 4.40. The van der Waals surface area contributed by atoms with Gasteiger partial charge in [-0.05, 0) is 37.1 Å². The highest BCUT2D eigenvalue weighted by atomic mass is 16.4. The van der Waals surface area contributed by atoms with Gasteiger partial charge >= 0.3 is 5.97 Å². The van der Waals surface area contributed by atoms with E-state index in [0.29, 0.717) is 5.56 Å². The summed E-state index contributed by atoms with van der Waals surface area (Å²) in [7, 11) is 0. The van der Waals surface area contributed by atoms with Crippen LogP contribution in [0, 0.1) is 13.8 Å². The number of nitrogens with zero attached hydrogens (tertiary/aromatic N) is 1. The average molecular weight is 189 g/mol. The van der Waals surface area contributed by atoms with Gasteiger partial charge in [0.2, 0.25) is 0 Å². The van der Waals surface area contributed by atoms with Gasteiger partial charge in [0.05, 0.1) is 5.56 Å². The second-order valence-electron chi connectivity index (χ2n) is 3.51. The van der Waals surface area contributed by atoms with E-state index in [1.807, 2.05) is 30.5 Å². The third-order valence-electron chi connectivity index (χ3n) is 2.45. The molecule has 0 aliphatic rings. The van der Waals surface area contributed by atoms with Gasteiger partial charge in [0.15, 0.2) is 0 Å². The SMILES string of the molecule is Cc1cc2cc(C(=O)O)cn2cc1C. The number of aromatic carboxylic acids is 1. The molecule has 0 radical (unpaired) electrons. The Morgan fingerprint density at radius 1 is 1.21 bits per heavy atom. The first-order chi connectivity index (χ1) is 6.58. The summed E-state index contributed by atoms with van der Waals surface area (Å²) in [5.74, 6) is -0.885. The van der Waals surface area contributed by atoms with Gasteiger partial charge < -0.3 is 9.51 Å². The van der Waals surface area contributed by atoms with E-state index >= 15 is 0 Å². The average Bonchev–Trinajstić information content (AvgIpc) is 2.48. The van der Waals surface area contributed by atoms with Crippen molar-refractivity contribution < 1.29 is 9.90 Å². The van der Waals surface area contributed by atoms with Crippen LogP contribution in [0.15, 0.2) is 24.5 Å². The lowest BCUT2D eigenvalue weighted by Crippen LogP contribution is -1.92. The van der Waals surface area contributed by atoms with Crippen molar-refractivity contribution in [3.05, 3.63) is 41.2 Å². The fourth-order valence-electron chi connectivity index (χ4n) is 1.49. The van der Waals surface area contributed by atoms with Crippen molar-refractivity contribution in [1.82, 2.24) is 4.40 Å². The second kappa shape index (κ2) is 2.87. The number of carboxylic acid groups (broad SMARTS) is 1. The molecular weight excluding hydrogens is 178 g/mol. The van der Waals surface area contributed by atoms with E-state index in [2.05, 4.69) is 0 Å². The van der Waals surface area contributed by atoms with Crippen LogP contribution in [0.5, 0.6) is 0 Å². The molecule has 2 rings (SSSR count). The second-order valence-corrected chi connectivity index (χ2v) is 3.51. The fraction of sp³-hybridized carbons (Fsp3) is 0.182. The summed E-state index contributed by atoms with van der Waals surface area (Å²) < 4.78 is 1.84. The van der Waals surface area contributed by atoms with Crippen LogP contribution in [-0.2, 0) is 0 Å². The third kappa shape index (κ3) is 1.27. The molecule has 72 valence electrons. The summed E-state index contributed by atoms with van der Waals surface area (Å²) in [4.78, 5) is 10.7. The van der Waals surface area contributed by atoms with Gasteiger partial charge in [-0.1, -0.05) is 0 Å².